The Morgan fingerprint density at radius 2 is 1.41 bits per heavy atom. The number of Topliss-reactive ketones (excluding diaryl/α,β-unsaturated/α-hetero) is 1. The van der Waals surface area contributed by atoms with Gasteiger partial charge in [0.1, 0.15) is 22.2 Å². The summed E-state index contributed by atoms with van der Waals surface area (Å²) in [6.07, 6.45) is -0.398. The van der Waals surface area contributed by atoms with Crippen molar-refractivity contribution in [2.45, 2.75) is 47.0 Å². The number of carbonyl (C=O) groups is 1. The van der Waals surface area contributed by atoms with Gasteiger partial charge >= 0.3 is 5.51 Å². The van der Waals surface area contributed by atoms with Crippen molar-refractivity contribution < 1.29 is 57.8 Å². The summed E-state index contributed by atoms with van der Waals surface area (Å²) in [5.74, 6) is -1.84. The van der Waals surface area contributed by atoms with Crippen molar-refractivity contribution in [2.24, 2.45) is 0 Å². The number of carbonyl (C=O) groups excluding carboxylic acids is 1. The smallest absolute Gasteiger partial charge is 0.501 e. The normalized spacial score (nSPS) is 12.8. The molecule has 0 aromatic heterocycles. The Morgan fingerprint density at radius 1 is 0.786 bits per heavy atom. The van der Waals surface area contributed by atoms with Gasteiger partial charge in [-0.05, 0) is 89.3 Å². The number of hydrogen-bond acceptors (Lipinski definition) is 8. The third-order valence-electron chi connectivity index (χ3n) is 8.13. The lowest BCUT2D eigenvalue weighted by Gasteiger charge is -2.24. The van der Waals surface area contributed by atoms with Gasteiger partial charge in [-0.25, -0.2) is 25.4 Å². The minimum atomic E-state index is -5.72. The molecule has 1 unspecified atom stereocenters. The van der Waals surface area contributed by atoms with Crippen LogP contribution in [0.15, 0.2) is 113 Å². The Kier molecular flexibility index (Phi) is 13.3. The molecule has 1 atom stereocenters. The summed E-state index contributed by atoms with van der Waals surface area (Å²) >= 11 is 10.1. The maximum absolute atomic E-state index is 14.3. The van der Waals surface area contributed by atoms with Crippen molar-refractivity contribution in [3.63, 3.8) is 0 Å². The van der Waals surface area contributed by atoms with Gasteiger partial charge in [-0.1, -0.05) is 65.7 Å². The first-order chi connectivity index (χ1) is 26.2. The van der Waals surface area contributed by atoms with Crippen LogP contribution in [0.25, 0.3) is 0 Å². The number of halogens is 6. The van der Waals surface area contributed by atoms with Crippen LogP contribution in [0.1, 0.15) is 39.0 Å². The molecular formula is C37H29Cl2F4NO9S3. The lowest BCUT2D eigenvalue weighted by Crippen LogP contribution is -2.30. The second-order valence-corrected chi connectivity index (χ2v) is 17.9. The van der Waals surface area contributed by atoms with E-state index in [2.05, 4.69) is 0 Å². The van der Waals surface area contributed by atoms with Gasteiger partial charge in [-0.2, -0.15) is 17.5 Å². The van der Waals surface area contributed by atoms with Crippen LogP contribution in [0.5, 0.6) is 17.2 Å². The zero-order valence-corrected chi connectivity index (χ0v) is 32.5. The van der Waals surface area contributed by atoms with E-state index in [9.17, 15) is 53.1 Å². The minimum absolute atomic E-state index is 0.0756. The predicted molar refractivity (Wildman–Crippen MR) is 201 cm³/mol. The number of alkyl halides is 3. The summed E-state index contributed by atoms with van der Waals surface area (Å²) in [4.78, 5) is 11.5. The van der Waals surface area contributed by atoms with Crippen molar-refractivity contribution in [2.75, 3.05) is 0 Å². The van der Waals surface area contributed by atoms with Gasteiger partial charge in [0.15, 0.2) is 22.6 Å². The summed E-state index contributed by atoms with van der Waals surface area (Å²) in [5.41, 5.74) is -4.26. The fourth-order valence-corrected chi connectivity index (χ4v) is 8.87. The van der Waals surface area contributed by atoms with Crippen LogP contribution in [0.3, 0.4) is 0 Å². The number of benzene rings is 5. The van der Waals surface area contributed by atoms with Crippen LogP contribution < -0.4 is 4.74 Å². The molecule has 0 amide bonds. The molecule has 5 aromatic carbocycles. The monoisotopic (exact) mass is 873 g/mol. The number of phenolic OH excluding ortho intramolecular Hbond substituents is 1. The van der Waals surface area contributed by atoms with Crippen LogP contribution in [0.2, 0.25) is 10.0 Å². The van der Waals surface area contributed by atoms with Crippen molar-refractivity contribution >= 4 is 59.9 Å². The molecule has 0 saturated heterocycles. The summed E-state index contributed by atoms with van der Waals surface area (Å²) in [7, 11) is -10.3. The number of nitrogens with zero attached hydrogens (tertiary/aromatic N) is 1. The molecule has 0 spiro atoms. The van der Waals surface area contributed by atoms with Crippen molar-refractivity contribution in [1.29, 1.82) is 0 Å². The first-order valence-corrected chi connectivity index (χ1v) is 21.0. The number of aryl methyl sites for hydroxylation is 1. The zero-order chi connectivity index (χ0) is 41.0. The maximum Gasteiger partial charge on any atom is 0.501 e. The molecule has 0 fully saturated rings. The Balaban J connectivity index is 1.52. The van der Waals surface area contributed by atoms with E-state index in [0.717, 1.165) is 40.7 Å². The lowest BCUT2D eigenvalue weighted by molar-refractivity contribution is -0.0436. The molecular weight excluding hydrogens is 846 g/mol. The van der Waals surface area contributed by atoms with Crippen molar-refractivity contribution in [3.05, 3.63) is 147 Å². The van der Waals surface area contributed by atoms with Crippen LogP contribution in [-0.4, -0.2) is 46.3 Å². The number of sulfonamides is 1. The minimum Gasteiger partial charge on any atom is -0.505 e. The molecule has 0 aliphatic rings. The molecule has 0 saturated carbocycles. The number of ether oxygens (including phenoxy) is 1. The Hall–Kier alpha value is -4.36. The summed E-state index contributed by atoms with van der Waals surface area (Å²) < 4.78 is 133. The van der Waals surface area contributed by atoms with E-state index in [1.165, 1.54) is 30.3 Å². The molecule has 2 N–H and O–H groups in total. The van der Waals surface area contributed by atoms with Gasteiger partial charge in [-0.3, -0.25) is 4.79 Å². The SMILES string of the molecule is O=C(CCc1cc(CN(Cc2ccc(CS(=O)O)cc2)S(=O)(=O)c2cc(Cl)cc(Cl)c2O)cc(Oc2ccc(F)cc2)c1)c1cccc(S(=O)(=O)C(F)(F)F)c1. The zero-order valence-electron chi connectivity index (χ0n) is 28.5. The molecule has 0 bridgehead atoms. The number of sulfone groups is 1. The van der Waals surface area contributed by atoms with Gasteiger partial charge in [0, 0.05) is 30.1 Å². The van der Waals surface area contributed by atoms with Gasteiger partial charge < -0.3 is 14.4 Å². The highest BCUT2D eigenvalue weighted by molar-refractivity contribution is 7.92. The van der Waals surface area contributed by atoms with E-state index >= 15 is 0 Å². The Morgan fingerprint density at radius 3 is 2.05 bits per heavy atom. The molecule has 0 aliphatic carbocycles. The Bertz CT molecular complexity index is 2500. The van der Waals surface area contributed by atoms with Gasteiger partial charge in [0.2, 0.25) is 10.0 Å². The second-order valence-electron chi connectivity index (χ2n) is 12.2. The second kappa shape index (κ2) is 17.4. The quantitative estimate of drug-likeness (QED) is 0.0596. The van der Waals surface area contributed by atoms with Crippen molar-refractivity contribution in [1.82, 2.24) is 4.31 Å². The maximum atomic E-state index is 14.3. The van der Waals surface area contributed by atoms with Crippen LogP contribution in [-0.2, 0) is 56.2 Å². The van der Waals surface area contributed by atoms with Gasteiger partial charge in [-0.15, -0.1) is 0 Å². The predicted octanol–water partition coefficient (Wildman–Crippen LogP) is 8.85. The molecule has 56 heavy (non-hydrogen) atoms. The highest BCUT2D eigenvalue weighted by Crippen LogP contribution is 2.37. The van der Waals surface area contributed by atoms with Crippen LogP contribution >= 0.6 is 23.2 Å². The third kappa shape index (κ3) is 10.5. The van der Waals surface area contributed by atoms with E-state index < -0.39 is 70.1 Å². The number of ketones is 1. The molecule has 0 aliphatic heterocycles. The Labute approximate surface area is 331 Å². The average Bonchev–Trinajstić information content (AvgIpc) is 3.12. The third-order valence-corrected chi connectivity index (χ3v) is 12.5. The number of aromatic hydroxyl groups is 1. The first kappa shape index (κ1) is 42.8. The fourth-order valence-electron chi connectivity index (χ4n) is 5.43. The fraction of sp³-hybridized carbons (Fsp3) is 0.162. The van der Waals surface area contributed by atoms with Gasteiger partial charge in [0.05, 0.1) is 15.7 Å². The summed E-state index contributed by atoms with van der Waals surface area (Å²) in [6.45, 7) is -0.699. The number of rotatable bonds is 15. The number of hydrogen-bond donors (Lipinski definition) is 2. The standard InChI is InChI=1S/C37H29Cl2F4NO9S3/c38-28-18-33(39)36(46)35(19-28)56(51,52)44(20-23-4-6-24(7-5-23)22-54(47)48)21-26-14-25(15-31(16-26)53-30-11-9-29(40)10-12-30)8-13-34(45)27-2-1-3-32(17-27)55(49,50)37(41,42)43/h1-7,9-12,14-19,46H,8,13,20-22H2,(H,47,48). The highest BCUT2D eigenvalue weighted by atomic mass is 35.5. The van der Waals surface area contributed by atoms with E-state index in [-0.39, 0.29) is 57.8 Å². The van der Waals surface area contributed by atoms with Crippen LogP contribution in [0.4, 0.5) is 17.6 Å². The van der Waals surface area contributed by atoms with E-state index in [4.69, 9.17) is 27.9 Å². The first-order valence-electron chi connectivity index (χ1n) is 16.1. The highest BCUT2D eigenvalue weighted by Gasteiger charge is 2.47. The molecule has 0 radical (unpaired) electrons. The van der Waals surface area contributed by atoms with E-state index in [1.54, 1.807) is 30.3 Å². The van der Waals surface area contributed by atoms with Gasteiger partial charge in [0.25, 0.3) is 9.84 Å². The van der Waals surface area contributed by atoms with Crippen molar-refractivity contribution in [3.8, 4) is 17.2 Å². The topological polar surface area (TPSA) is 155 Å². The van der Waals surface area contributed by atoms with E-state index in [0.29, 0.717) is 22.8 Å². The largest absolute Gasteiger partial charge is 0.505 e. The van der Waals surface area contributed by atoms with E-state index in [1.807, 2.05) is 0 Å². The molecule has 296 valence electrons. The molecule has 5 rings (SSSR count). The average molecular weight is 875 g/mol. The lowest BCUT2D eigenvalue weighted by atomic mass is 10.0. The van der Waals surface area contributed by atoms with Crippen LogP contribution in [0, 0.1) is 5.82 Å². The molecule has 19 heteroatoms. The molecule has 0 heterocycles. The summed E-state index contributed by atoms with van der Waals surface area (Å²) in [6, 6.07) is 21.4. The number of phenols is 1. The molecule has 5 aromatic rings. The summed E-state index contributed by atoms with van der Waals surface area (Å²) in [5, 5.41) is 10.3. The molecule has 10 nitrogen and oxygen atoms in total.